The predicted octanol–water partition coefficient (Wildman–Crippen LogP) is 2.62. The summed E-state index contributed by atoms with van der Waals surface area (Å²) < 4.78 is 2.85. The van der Waals surface area contributed by atoms with Crippen LogP contribution in [-0.2, 0) is 0 Å². The standard InChI is InChI=1S/C11H11ClIN3O/c1-11(17)4-6(5-11)10-15-9(13)7-8(12)14-2-3-16(7)10/h2-3,6,17H,4-5H2,1H3. The summed E-state index contributed by atoms with van der Waals surface area (Å²) in [5.74, 6) is 1.28. The van der Waals surface area contributed by atoms with Crippen LogP contribution in [0.5, 0.6) is 0 Å². The van der Waals surface area contributed by atoms with Gasteiger partial charge in [0.15, 0.2) is 5.15 Å². The molecule has 2 heterocycles. The van der Waals surface area contributed by atoms with Crippen molar-refractivity contribution in [3.63, 3.8) is 0 Å². The van der Waals surface area contributed by atoms with E-state index in [2.05, 4.69) is 32.6 Å². The fraction of sp³-hybridized carbons (Fsp3) is 0.455. The van der Waals surface area contributed by atoms with Crippen molar-refractivity contribution in [1.82, 2.24) is 14.4 Å². The van der Waals surface area contributed by atoms with Crippen LogP contribution in [0.25, 0.3) is 5.52 Å². The van der Waals surface area contributed by atoms with Gasteiger partial charge in [-0.2, -0.15) is 0 Å². The highest BCUT2D eigenvalue weighted by Gasteiger charge is 2.41. The van der Waals surface area contributed by atoms with E-state index in [1.54, 1.807) is 6.20 Å². The van der Waals surface area contributed by atoms with Crippen molar-refractivity contribution < 1.29 is 5.11 Å². The van der Waals surface area contributed by atoms with Gasteiger partial charge in [-0.05, 0) is 42.4 Å². The molecule has 4 nitrogen and oxygen atoms in total. The van der Waals surface area contributed by atoms with E-state index in [4.69, 9.17) is 11.6 Å². The fourth-order valence-corrected chi connectivity index (χ4v) is 3.61. The van der Waals surface area contributed by atoms with Crippen molar-refractivity contribution in [2.24, 2.45) is 0 Å². The largest absolute Gasteiger partial charge is 0.390 e. The van der Waals surface area contributed by atoms with Crippen LogP contribution in [0.2, 0.25) is 5.15 Å². The van der Waals surface area contributed by atoms with Crippen molar-refractivity contribution in [2.45, 2.75) is 31.3 Å². The van der Waals surface area contributed by atoms with Gasteiger partial charge < -0.3 is 5.11 Å². The highest BCUT2D eigenvalue weighted by molar-refractivity contribution is 14.1. The average Bonchev–Trinajstić information content (AvgIpc) is 2.54. The van der Waals surface area contributed by atoms with Gasteiger partial charge in [-0.3, -0.25) is 4.40 Å². The van der Waals surface area contributed by atoms with Crippen LogP contribution >= 0.6 is 34.2 Å². The molecular weight excluding hydrogens is 352 g/mol. The fourth-order valence-electron chi connectivity index (χ4n) is 2.46. The highest BCUT2D eigenvalue weighted by atomic mass is 127. The molecule has 90 valence electrons. The van der Waals surface area contributed by atoms with Gasteiger partial charge in [-0.15, -0.1) is 0 Å². The van der Waals surface area contributed by atoms with Crippen molar-refractivity contribution >= 4 is 39.7 Å². The Morgan fingerprint density at radius 3 is 2.94 bits per heavy atom. The maximum Gasteiger partial charge on any atom is 0.155 e. The molecule has 0 aromatic carbocycles. The van der Waals surface area contributed by atoms with Crippen molar-refractivity contribution in [2.75, 3.05) is 0 Å². The number of halogens is 2. The van der Waals surface area contributed by atoms with Crippen LogP contribution in [0.4, 0.5) is 0 Å². The van der Waals surface area contributed by atoms with Gasteiger partial charge in [0.25, 0.3) is 0 Å². The zero-order valence-corrected chi connectivity index (χ0v) is 12.1. The van der Waals surface area contributed by atoms with E-state index in [9.17, 15) is 5.11 Å². The summed E-state index contributed by atoms with van der Waals surface area (Å²) in [5.41, 5.74) is 0.315. The van der Waals surface area contributed by atoms with Crippen molar-refractivity contribution in [3.05, 3.63) is 27.1 Å². The highest BCUT2D eigenvalue weighted by Crippen LogP contribution is 2.44. The molecule has 3 rings (SSSR count). The van der Waals surface area contributed by atoms with Crippen molar-refractivity contribution in [3.8, 4) is 0 Å². The van der Waals surface area contributed by atoms with Crippen LogP contribution in [0.1, 0.15) is 31.5 Å². The van der Waals surface area contributed by atoms with Gasteiger partial charge in [0.2, 0.25) is 0 Å². The van der Waals surface area contributed by atoms with Gasteiger partial charge in [-0.25, -0.2) is 9.97 Å². The molecule has 0 unspecified atom stereocenters. The van der Waals surface area contributed by atoms with Crippen LogP contribution < -0.4 is 0 Å². The number of imidazole rings is 1. The molecule has 6 heteroatoms. The summed E-state index contributed by atoms with van der Waals surface area (Å²) in [7, 11) is 0. The molecule has 0 amide bonds. The lowest BCUT2D eigenvalue weighted by atomic mass is 9.72. The molecule has 0 aliphatic heterocycles. The molecule has 2 aromatic heterocycles. The molecule has 1 aliphatic carbocycles. The first kappa shape index (κ1) is 11.7. The minimum absolute atomic E-state index is 0.305. The lowest BCUT2D eigenvalue weighted by molar-refractivity contribution is -0.0335. The average molecular weight is 364 g/mol. The van der Waals surface area contributed by atoms with Gasteiger partial charge in [0, 0.05) is 18.3 Å². The lowest BCUT2D eigenvalue weighted by Crippen LogP contribution is -2.40. The zero-order chi connectivity index (χ0) is 12.2. The molecule has 0 spiro atoms. The summed E-state index contributed by atoms with van der Waals surface area (Å²) in [6, 6.07) is 0. The second-order valence-corrected chi connectivity index (χ2v) is 6.18. The SMILES string of the molecule is CC1(O)CC(c2nc(I)c3c(Cl)nccn23)C1. The normalized spacial score (nSPS) is 28.4. The molecule has 1 fully saturated rings. The molecule has 0 radical (unpaired) electrons. The number of nitrogens with zero attached hydrogens (tertiary/aromatic N) is 3. The molecule has 0 saturated heterocycles. The lowest BCUT2D eigenvalue weighted by Gasteiger charge is -2.40. The second-order valence-electron chi connectivity index (χ2n) is 4.80. The third-order valence-corrected chi connectivity index (χ3v) is 4.26. The van der Waals surface area contributed by atoms with E-state index in [1.165, 1.54) is 0 Å². The van der Waals surface area contributed by atoms with Gasteiger partial charge in [0.05, 0.1) is 5.60 Å². The zero-order valence-electron chi connectivity index (χ0n) is 9.19. The third-order valence-electron chi connectivity index (χ3n) is 3.23. The number of aliphatic hydroxyl groups is 1. The molecule has 1 aliphatic rings. The predicted molar refractivity (Wildman–Crippen MR) is 73.3 cm³/mol. The summed E-state index contributed by atoms with van der Waals surface area (Å²) in [6.45, 7) is 1.86. The van der Waals surface area contributed by atoms with Gasteiger partial charge in [0.1, 0.15) is 15.0 Å². The smallest absolute Gasteiger partial charge is 0.155 e. The third kappa shape index (κ3) is 1.84. The summed E-state index contributed by atoms with van der Waals surface area (Å²) >= 11 is 8.24. The van der Waals surface area contributed by atoms with Crippen molar-refractivity contribution in [1.29, 1.82) is 0 Å². The molecular formula is C11H11ClIN3O. The van der Waals surface area contributed by atoms with Crippen LogP contribution in [0.15, 0.2) is 12.4 Å². The molecule has 1 N–H and O–H groups in total. The minimum atomic E-state index is -0.543. The quantitative estimate of drug-likeness (QED) is 0.793. The van der Waals surface area contributed by atoms with E-state index < -0.39 is 5.60 Å². The van der Waals surface area contributed by atoms with E-state index in [-0.39, 0.29) is 0 Å². The number of hydrogen-bond acceptors (Lipinski definition) is 3. The Hall–Kier alpha value is -0.400. The Balaban J connectivity index is 2.10. The van der Waals surface area contributed by atoms with Crippen LogP contribution in [0.3, 0.4) is 0 Å². The Bertz CT molecular complexity index is 588. The Morgan fingerprint density at radius 2 is 2.29 bits per heavy atom. The second kappa shape index (κ2) is 3.80. The first-order valence-electron chi connectivity index (χ1n) is 5.38. The van der Waals surface area contributed by atoms with Crippen LogP contribution in [0, 0.1) is 3.70 Å². The minimum Gasteiger partial charge on any atom is -0.390 e. The number of fused-ring (bicyclic) bond motifs is 1. The Labute approximate surface area is 117 Å². The van der Waals surface area contributed by atoms with E-state index >= 15 is 0 Å². The van der Waals surface area contributed by atoms with E-state index in [0.29, 0.717) is 11.1 Å². The maximum absolute atomic E-state index is 9.80. The van der Waals surface area contributed by atoms with Gasteiger partial charge in [-0.1, -0.05) is 11.6 Å². The summed E-state index contributed by atoms with van der Waals surface area (Å²) in [6.07, 6.45) is 5.05. The Morgan fingerprint density at radius 1 is 1.59 bits per heavy atom. The summed E-state index contributed by atoms with van der Waals surface area (Å²) in [5, 5.41) is 10.3. The topological polar surface area (TPSA) is 50.4 Å². The first-order valence-corrected chi connectivity index (χ1v) is 6.84. The van der Waals surface area contributed by atoms with E-state index in [1.807, 2.05) is 17.5 Å². The molecule has 2 aromatic rings. The first-order chi connectivity index (χ1) is 7.98. The maximum atomic E-state index is 9.80. The molecule has 1 saturated carbocycles. The number of rotatable bonds is 1. The number of aromatic nitrogens is 3. The van der Waals surface area contributed by atoms with Gasteiger partial charge >= 0.3 is 0 Å². The monoisotopic (exact) mass is 363 g/mol. The summed E-state index contributed by atoms with van der Waals surface area (Å²) in [4.78, 5) is 8.62. The molecule has 0 bridgehead atoms. The number of hydrogen-bond donors (Lipinski definition) is 1. The Kier molecular flexibility index (Phi) is 2.61. The van der Waals surface area contributed by atoms with Crippen LogP contribution in [-0.4, -0.2) is 25.1 Å². The molecule has 0 atom stereocenters. The molecule has 17 heavy (non-hydrogen) atoms. The van der Waals surface area contributed by atoms with E-state index in [0.717, 1.165) is 27.9 Å².